The molecule has 40 heavy (non-hydrogen) atoms. The Morgan fingerprint density at radius 1 is 1.27 bits per heavy atom. The maximum Gasteiger partial charge on any atom is 0.407 e. The number of halogens is 2. The second-order valence-corrected chi connectivity index (χ2v) is 10.6. The molecule has 1 aromatic heterocycles. The second-order valence-electron chi connectivity index (χ2n) is 10.2. The van der Waals surface area contributed by atoms with Crippen molar-refractivity contribution in [3.05, 3.63) is 51.8 Å². The van der Waals surface area contributed by atoms with E-state index in [4.69, 9.17) is 26.2 Å². The molecular formula is C26H27ClFN5O7. The number of rotatable bonds is 6. The zero-order valence-electron chi connectivity index (χ0n) is 21.3. The number of amides is 4. The van der Waals surface area contributed by atoms with Crippen LogP contribution >= 0.6 is 11.6 Å². The van der Waals surface area contributed by atoms with E-state index < -0.39 is 35.7 Å². The van der Waals surface area contributed by atoms with E-state index in [9.17, 15) is 19.2 Å². The molecule has 1 aromatic carbocycles. The first-order valence-corrected chi connectivity index (χ1v) is 13.3. The standard InChI is InChI=1S/C25H25ClFN5O5.CH2O2/c26-17-7-13(21(27)20-16(17)11-32(24(20)35)18-3-4-19(33)30-23(18)34)10-29-25(36)37-15-8-14(9-15)31-6-5-28-22(31)12-1-2-12;2-1-3/h5-7,12,14-15,18H,1-4,8-11H2,(H,29,36)(H,30,33,34);1H,(H,2,3)/t14?,15?,18-;/m1./s1. The van der Waals surface area contributed by atoms with E-state index in [1.165, 1.54) is 11.0 Å². The maximum absolute atomic E-state index is 15.3. The fourth-order valence-corrected chi connectivity index (χ4v) is 5.64. The van der Waals surface area contributed by atoms with Crippen molar-refractivity contribution in [3.63, 3.8) is 0 Å². The Labute approximate surface area is 232 Å². The highest BCUT2D eigenvalue weighted by Gasteiger charge is 2.42. The molecule has 2 aliphatic heterocycles. The van der Waals surface area contributed by atoms with Gasteiger partial charge < -0.3 is 24.6 Å². The smallest absolute Gasteiger partial charge is 0.407 e. The number of carbonyl (C=O) groups excluding carboxylic acids is 4. The molecular weight excluding hydrogens is 549 g/mol. The Morgan fingerprint density at radius 3 is 2.67 bits per heavy atom. The lowest BCUT2D eigenvalue weighted by Gasteiger charge is -2.36. The van der Waals surface area contributed by atoms with E-state index in [1.54, 1.807) is 6.20 Å². The van der Waals surface area contributed by atoms with E-state index in [-0.39, 0.29) is 66.3 Å². The molecule has 0 bridgehead atoms. The Kier molecular flexibility index (Phi) is 7.74. The number of alkyl carbamates (subject to hydrolysis) is 1. The summed E-state index contributed by atoms with van der Waals surface area (Å²) in [4.78, 5) is 63.1. The Balaban J connectivity index is 0.00000103. The number of imidazole rings is 1. The number of carbonyl (C=O) groups is 5. The first-order chi connectivity index (χ1) is 19.2. The van der Waals surface area contributed by atoms with Gasteiger partial charge in [-0.25, -0.2) is 14.2 Å². The van der Waals surface area contributed by atoms with Gasteiger partial charge in [0.1, 0.15) is 23.8 Å². The molecule has 3 fully saturated rings. The highest BCUT2D eigenvalue weighted by molar-refractivity contribution is 6.32. The molecule has 212 valence electrons. The fraction of sp³-hybridized carbons (Fsp3) is 0.462. The van der Waals surface area contributed by atoms with Gasteiger partial charge in [0.25, 0.3) is 12.4 Å². The topological polar surface area (TPSA) is 160 Å². The highest BCUT2D eigenvalue weighted by Crippen LogP contribution is 2.43. The number of piperidine rings is 1. The van der Waals surface area contributed by atoms with Crippen LogP contribution in [0.3, 0.4) is 0 Å². The number of nitrogens with zero attached hydrogens (tertiary/aromatic N) is 3. The van der Waals surface area contributed by atoms with Crippen LogP contribution in [0.5, 0.6) is 0 Å². The molecule has 4 aliphatic rings. The molecule has 4 amide bonds. The molecule has 1 atom stereocenters. The van der Waals surface area contributed by atoms with Crippen LogP contribution in [-0.4, -0.2) is 62.0 Å². The van der Waals surface area contributed by atoms with Crippen LogP contribution < -0.4 is 10.6 Å². The molecule has 0 unspecified atom stereocenters. The van der Waals surface area contributed by atoms with Gasteiger partial charge in [-0.1, -0.05) is 11.6 Å². The average molecular weight is 576 g/mol. The number of hydrogen-bond acceptors (Lipinski definition) is 7. The third-order valence-electron chi connectivity index (χ3n) is 7.58. The Bertz CT molecular complexity index is 1370. The van der Waals surface area contributed by atoms with Crippen LogP contribution in [0.15, 0.2) is 18.5 Å². The van der Waals surface area contributed by atoms with Crippen molar-refractivity contribution in [1.82, 2.24) is 25.1 Å². The van der Waals surface area contributed by atoms with Gasteiger partial charge in [0.05, 0.1) is 5.56 Å². The minimum atomic E-state index is -0.876. The summed E-state index contributed by atoms with van der Waals surface area (Å²) in [5, 5.41) is 11.8. The zero-order valence-corrected chi connectivity index (χ0v) is 22.0. The molecule has 6 rings (SSSR count). The number of nitrogens with one attached hydrogen (secondary N) is 2. The summed E-state index contributed by atoms with van der Waals surface area (Å²) < 4.78 is 23.0. The predicted molar refractivity (Wildman–Crippen MR) is 136 cm³/mol. The number of aromatic nitrogens is 2. The summed E-state index contributed by atoms with van der Waals surface area (Å²) in [5.41, 5.74) is 0.111. The second kappa shape index (κ2) is 11.2. The van der Waals surface area contributed by atoms with Crippen LogP contribution in [0.25, 0.3) is 0 Å². The van der Waals surface area contributed by atoms with E-state index in [2.05, 4.69) is 20.2 Å². The van der Waals surface area contributed by atoms with Gasteiger partial charge in [0.15, 0.2) is 0 Å². The quantitative estimate of drug-likeness (QED) is 0.350. The normalized spacial score (nSPS) is 23.4. The van der Waals surface area contributed by atoms with Crippen molar-refractivity contribution in [1.29, 1.82) is 0 Å². The van der Waals surface area contributed by atoms with E-state index in [0.29, 0.717) is 18.8 Å². The lowest BCUT2D eigenvalue weighted by atomic mass is 9.89. The monoisotopic (exact) mass is 575 g/mol. The molecule has 2 aliphatic carbocycles. The molecule has 12 nitrogen and oxygen atoms in total. The minimum Gasteiger partial charge on any atom is -0.483 e. The van der Waals surface area contributed by atoms with Gasteiger partial charge in [0, 0.05) is 72.9 Å². The number of imide groups is 1. The summed E-state index contributed by atoms with van der Waals surface area (Å²) in [5.74, 6) is -0.821. The van der Waals surface area contributed by atoms with E-state index >= 15 is 4.39 Å². The third-order valence-corrected chi connectivity index (χ3v) is 7.92. The lowest BCUT2D eigenvalue weighted by Crippen LogP contribution is -2.52. The number of hydrogen-bond donors (Lipinski definition) is 3. The van der Waals surface area contributed by atoms with Crippen molar-refractivity contribution in [2.45, 2.75) is 75.7 Å². The summed E-state index contributed by atoms with van der Waals surface area (Å²) >= 11 is 6.36. The van der Waals surface area contributed by atoms with Gasteiger partial charge in [-0.2, -0.15) is 0 Å². The minimum absolute atomic E-state index is 0.0336. The molecule has 14 heteroatoms. The largest absolute Gasteiger partial charge is 0.483 e. The van der Waals surface area contributed by atoms with Gasteiger partial charge in [-0.3, -0.25) is 24.5 Å². The molecule has 0 radical (unpaired) electrons. The molecule has 3 heterocycles. The summed E-state index contributed by atoms with van der Waals surface area (Å²) in [6, 6.07) is 0.746. The molecule has 3 N–H and O–H groups in total. The van der Waals surface area contributed by atoms with Crippen molar-refractivity contribution in [2.75, 3.05) is 0 Å². The van der Waals surface area contributed by atoms with Crippen molar-refractivity contribution < 1.29 is 38.2 Å². The molecule has 2 saturated carbocycles. The SMILES string of the molecule is O=C1CC[C@@H](N2Cc3c(Cl)cc(CNC(=O)OC4CC(n5ccnc5C5CC5)C4)c(F)c3C2=O)C(=O)N1.O=CO. The molecule has 2 aromatic rings. The number of ether oxygens (including phenoxy) is 1. The van der Waals surface area contributed by atoms with Gasteiger partial charge >= 0.3 is 6.09 Å². The molecule has 0 spiro atoms. The maximum atomic E-state index is 15.3. The fourth-order valence-electron chi connectivity index (χ4n) is 5.35. The van der Waals surface area contributed by atoms with Crippen LogP contribution in [0.4, 0.5) is 9.18 Å². The first-order valence-electron chi connectivity index (χ1n) is 12.9. The van der Waals surface area contributed by atoms with Crippen molar-refractivity contribution in [2.24, 2.45) is 0 Å². The van der Waals surface area contributed by atoms with Crippen LogP contribution in [0.2, 0.25) is 5.02 Å². The predicted octanol–water partition coefficient (Wildman–Crippen LogP) is 2.64. The summed E-state index contributed by atoms with van der Waals surface area (Å²) in [6.07, 6.45) is 6.81. The van der Waals surface area contributed by atoms with Crippen LogP contribution in [-0.2, 0) is 32.2 Å². The van der Waals surface area contributed by atoms with E-state index in [0.717, 1.165) is 18.7 Å². The van der Waals surface area contributed by atoms with Gasteiger partial charge in [-0.05, 0) is 25.3 Å². The van der Waals surface area contributed by atoms with Gasteiger partial charge in [-0.15, -0.1) is 0 Å². The van der Waals surface area contributed by atoms with Crippen molar-refractivity contribution >= 4 is 41.9 Å². The van der Waals surface area contributed by atoms with Crippen LogP contribution in [0.1, 0.15) is 77.8 Å². The molecule has 1 saturated heterocycles. The van der Waals surface area contributed by atoms with E-state index in [1.807, 2.05) is 6.20 Å². The Morgan fingerprint density at radius 2 is 2.00 bits per heavy atom. The number of fused-ring (bicyclic) bond motifs is 1. The number of carboxylic acid groups (broad SMARTS) is 1. The summed E-state index contributed by atoms with van der Waals surface area (Å²) in [6.45, 7) is -0.499. The third kappa shape index (κ3) is 5.37. The number of benzene rings is 1. The zero-order chi connectivity index (χ0) is 28.6. The Hall–Kier alpha value is -4.00. The van der Waals surface area contributed by atoms with Crippen LogP contribution in [0, 0.1) is 5.82 Å². The first kappa shape index (κ1) is 27.6. The highest BCUT2D eigenvalue weighted by atomic mass is 35.5. The lowest BCUT2D eigenvalue weighted by molar-refractivity contribution is -0.137. The van der Waals surface area contributed by atoms with Crippen molar-refractivity contribution in [3.8, 4) is 0 Å². The van der Waals surface area contributed by atoms with Gasteiger partial charge in [0.2, 0.25) is 11.8 Å². The average Bonchev–Trinajstić information content (AvgIpc) is 3.51. The summed E-state index contributed by atoms with van der Waals surface area (Å²) in [7, 11) is 0.